The number of amides is 1. The summed E-state index contributed by atoms with van der Waals surface area (Å²) in [4.78, 5) is 11.8. The number of carbonyl (C=O) groups is 1. The summed E-state index contributed by atoms with van der Waals surface area (Å²) in [5.41, 5.74) is 1.51. The molecule has 0 saturated heterocycles. The van der Waals surface area contributed by atoms with E-state index in [4.69, 9.17) is 4.74 Å². The summed E-state index contributed by atoms with van der Waals surface area (Å²) in [7, 11) is 1.65. The van der Waals surface area contributed by atoms with E-state index in [2.05, 4.69) is 15.5 Å². The molecule has 0 aliphatic carbocycles. The van der Waals surface area contributed by atoms with Gasteiger partial charge < -0.3 is 10.1 Å². The second-order valence-electron chi connectivity index (χ2n) is 3.77. The van der Waals surface area contributed by atoms with Crippen LogP contribution in [0.5, 0.6) is 0 Å². The SMILES string of the molecule is COCCCNC(=O)c1ccc2cn[nH]c2c1. The molecular weight excluding hydrogens is 218 g/mol. The highest BCUT2D eigenvalue weighted by Crippen LogP contribution is 2.12. The van der Waals surface area contributed by atoms with Crippen LogP contribution in [0.15, 0.2) is 24.4 Å². The molecule has 5 nitrogen and oxygen atoms in total. The van der Waals surface area contributed by atoms with E-state index in [1.165, 1.54) is 0 Å². The number of ether oxygens (including phenoxy) is 1. The Morgan fingerprint density at radius 2 is 2.41 bits per heavy atom. The van der Waals surface area contributed by atoms with E-state index >= 15 is 0 Å². The highest BCUT2D eigenvalue weighted by atomic mass is 16.5. The van der Waals surface area contributed by atoms with Crippen LogP contribution in [0.4, 0.5) is 0 Å². The number of aromatic nitrogens is 2. The fourth-order valence-corrected chi connectivity index (χ4v) is 1.60. The third-order valence-electron chi connectivity index (χ3n) is 2.51. The number of methoxy groups -OCH3 is 1. The number of nitrogens with zero attached hydrogens (tertiary/aromatic N) is 1. The number of carbonyl (C=O) groups excluding carboxylic acids is 1. The summed E-state index contributed by atoms with van der Waals surface area (Å²) in [6.07, 6.45) is 2.55. The van der Waals surface area contributed by atoms with Crippen LogP contribution in [0.2, 0.25) is 0 Å². The van der Waals surface area contributed by atoms with Crippen LogP contribution >= 0.6 is 0 Å². The van der Waals surface area contributed by atoms with Gasteiger partial charge in [0.1, 0.15) is 0 Å². The molecule has 17 heavy (non-hydrogen) atoms. The van der Waals surface area contributed by atoms with E-state index in [0.29, 0.717) is 18.7 Å². The number of hydrogen-bond acceptors (Lipinski definition) is 3. The maximum Gasteiger partial charge on any atom is 0.251 e. The molecule has 0 saturated carbocycles. The molecule has 90 valence electrons. The molecule has 2 rings (SSSR count). The van der Waals surface area contributed by atoms with Gasteiger partial charge in [-0.25, -0.2) is 0 Å². The van der Waals surface area contributed by atoms with Crippen molar-refractivity contribution in [3.05, 3.63) is 30.0 Å². The van der Waals surface area contributed by atoms with Crippen LogP contribution in [0.1, 0.15) is 16.8 Å². The molecule has 5 heteroatoms. The maximum absolute atomic E-state index is 11.8. The number of benzene rings is 1. The van der Waals surface area contributed by atoms with E-state index in [1.807, 2.05) is 6.07 Å². The van der Waals surface area contributed by atoms with E-state index < -0.39 is 0 Å². The van der Waals surface area contributed by atoms with Crippen LogP contribution in [-0.2, 0) is 4.74 Å². The number of aromatic amines is 1. The zero-order chi connectivity index (χ0) is 12.1. The molecule has 1 aromatic heterocycles. The van der Waals surface area contributed by atoms with Gasteiger partial charge in [-0.2, -0.15) is 5.10 Å². The minimum Gasteiger partial charge on any atom is -0.385 e. The maximum atomic E-state index is 11.8. The zero-order valence-electron chi connectivity index (χ0n) is 9.69. The molecule has 2 N–H and O–H groups in total. The number of nitrogens with one attached hydrogen (secondary N) is 2. The van der Waals surface area contributed by atoms with E-state index in [-0.39, 0.29) is 5.91 Å². The molecule has 0 atom stereocenters. The number of rotatable bonds is 5. The Balaban J connectivity index is 1.98. The lowest BCUT2D eigenvalue weighted by atomic mass is 10.1. The quantitative estimate of drug-likeness (QED) is 0.765. The van der Waals surface area contributed by atoms with Gasteiger partial charge in [-0.3, -0.25) is 9.89 Å². The highest BCUT2D eigenvalue weighted by Gasteiger charge is 2.06. The average Bonchev–Trinajstić information content (AvgIpc) is 2.81. The predicted molar refractivity (Wildman–Crippen MR) is 64.9 cm³/mol. The minimum atomic E-state index is -0.0717. The second-order valence-corrected chi connectivity index (χ2v) is 3.77. The minimum absolute atomic E-state index is 0.0717. The zero-order valence-corrected chi connectivity index (χ0v) is 9.69. The lowest BCUT2D eigenvalue weighted by molar-refractivity contribution is 0.0948. The Morgan fingerprint density at radius 1 is 1.53 bits per heavy atom. The van der Waals surface area contributed by atoms with Gasteiger partial charge in [0, 0.05) is 31.2 Å². The largest absolute Gasteiger partial charge is 0.385 e. The lowest BCUT2D eigenvalue weighted by Crippen LogP contribution is -2.25. The van der Waals surface area contributed by atoms with Crippen molar-refractivity contribution in [1.29, 1.82) is 0 Å². The Kier molecular flexibility index (Phi) is 3.72. The Hall–Kier alpha value is -1.88. The van der Waals surface area contributed by atoms with Crippen LogP contribution < -0.4 is 5.32 Å². The first-order chi connectivity index (χ1) is 8.31. The van der Waals surface area contributed by atoms with E-state index in [1.54, 1.807) is 25.4 Å². The summed E-state index contributed by atoms with van der Waals surface area (Å²) < 4.78 is 4.91. The molecule has 1 aromatic carbocycles. The normalized spacial score (nSPS) is 10.6. The lowest BCUT2D eigenvalue weighted by Gasteiger charge is -2.04. The van der Waals surface area contributed by atoms with Crippen molar-refractivity contribution in [2.75, 3.05) is 20.3 Å². The molecule has 0 fully saturated rings. The van der Waals surface area contributed by atoms with Gasteiger partial charge >= 0.3 is 0 Å². The Bertz CT molecular complexity index is 507. The summed E-state index contributed by atoms with van der Waals surface area (Å²) in [6.45, 7) is 1.27. The molecule has 0 spiro atoms. The number of hydrogen-bond donors (Lipinski definition) is 2. The van der Waals surface area contributed by atoms with Gasteiger partial charge in [0.2, 0.25) is 0 Å². The first-order valence-corrected chi connectivity index (χ1v) is 5.51. The second kappa shape index (κ2) is 5.45. The third-order valence-corrected chi connectivity index (χ3v) is 2.51. The van der Waals surface area contributed by atoms with Crippen molar-refractivity contribution in [2.24, 2.45) is 0 Å². The van der Waals surface area contributed by atoms with Crippen LogP contribution in [-0.4, -0.2) is 36.4 Å². The van der Waals surface area contributed by atoms with Crippen molar-refractivity contribution in [3.8, 4) is 0 Å². The van der Waals surface area contributed by atoms with Crippen LogP contribution in [0.3, 0.4) is 0 Å². The van der Waals surface area contributed by atoms with Gasteiger partial charge in [-0.1, -0.05) is 6.07 Å². The van der Waals surface area contributed by atoms with Crippen molar-refractivity contribution in [3.63, 3.8) is 0 Å². The standard InChI is InChI=1S/C12H15N3O2/c1-17-6-2-5-13-12(16)9-3-4-10-8-14-15-11(10)7-9/h3-4,7-8H,2,5-6H2,1H3,(H,13,16)(H,14,15). The Morgan fingerprint density at radius 3 is 3.24 bits per heavy atom. The van der Waals surface area contributed by atoms with Crippen molar-refractivity contribution >= 4 is 16.8 Å². The van der Waals surface area contributed by atoms with Crippen molar-refractivity contribution in [2.45, 2.75) is 6.42 Å². The van der Waals surface area contributed by atoms with E-state index in [0.717, 1.165) is 17.3 Å². The molecule has 1 heterocycles. The monoisotopic (exact) mass is 233 g/mol. The predicted octanol–water partition coefficient (Wildman–Crippen LogP) is 1.33. The molecule has 0 radical (unpaired) electrons. The molecule has 0 unspecified atom stereocenters. The number of fused-ring (bicyclic) bond motifs is 1. The van der Waals surface area contributed by atoms with E-state index in [9.17, 15) is 4.79 Å². The van der Waals surface area contributed by atoms with Crippen LogP contribution in [0, 0.1) is 0 Å². The fourth-order valence-electron chi connectivity index (χ4n) is 1.60. The topological polar surface area (TPSA) is 67.0 Å². The smallest absolute Gasteiger partial charge is 0.251 e. The summed E-state index contributed by atoms with van der Waals surface area (Å²) in [5, 5.41) is 10.6. The van der Waals surface area contributed by atoms with Crippen molar-refractivity contribution < 1.29 is 9.53 Å². The Labute approximate surface area is 99.2 Å². The fraction of sp³-hybridized carbons (Fsp3) is 0.333. The average molecular weight is 233 g/mol. The molecule has 2 aromatic rings. The van der Waals surface area contributed by atoms with Gasteiger partial charge in [0.05, 0.1) is 11.7 Å². The first-order valence-electron chi connectivity index (χ1n) is 5.51. The summed E-state index contributed by atoms with van der Waals surface area (Å²) in [5.74, 6) is -0.0717. The molecule has 1 amide bonds. The van der Waals surface area contributed by atoms with Gasteiger partial charge in [-0.15, -0.1) is 0 Å². The molecule has 0 aliphatic rings. The molecule has 0 aliphatic heterocycles. The third kappa shape index (κ3) is 2.82. The summed E-state index contributed by atoms with van der Waals surface area (Å²) >= 11 is 0. The van der Waals surface area contributed by atoms with Gasteiger partial charge in [0.25, 0.3) is 5.91 Å². The van der Waals surface area contributed by atoms with Gasteiger partial charge in [0.15, 0.2) is 0 Å². The van der Waals surface area contributed by atoms with Crippen LogP contribution in [0.25, 0.3) is 10.9 Å². The van der Waals surface area contributed by atoms with Gasteiger partial charge in [-0.05, 0) is 18.6 Å². The first kappa shape index (κ1) is 11.6. The molecule has 0 bridgehead atoms. The molecular formula is C12H15N3O2. The summed E-state index contributed by atoms with van der Waals surface area (Å²) in [6, 6.07) is 5.47. The van der Waals surface area contributed by atoms with Crippen molar-refractivity contribution in [1.82, 2.24) is 15.5 Å². The number of H-pyrrole nitrogens is 1. The highest BCUT2D eigenvalue weighted by molar-refractivity contribution is 5.97.